The molecule has 18 heavy (non-hydrogen) atoms. The van der Waals surface area contributed by atoms with Gasteiger partial charge in [-0.3, -0.25) is 4.79 Å². The Morgan fingerprint density at radius 2 is 2.28 bits per heavy atom. The first kappa shape index (κ1) is 13.5. The first-order valence-corrected chi connectivity index (χ1v) is 6.50. The zero-order valence-corrected chi connectivity index (χ0v) is 11.1. The van der Waals surface area contributed by atoms with Crippen LogP contribution in [0, 0.1) is 5.82 Å². The second-order valence-corrected chi connectivity index (χ2v) is 5.29. The van der Waals surface area contributed by atoms with Crippen LogP contribution in [0.3, 0.4) is 0 Å². The fraction of sp³-hybridized carbons (Fsp3) is 0.500. The van der Waals surface area contributed by atoms with E-state index in [1.54, 1.807) is 6.07 Å². The van der Waals surface area contributed by atoms with Gasteiger partial charge >= 0.3 is 0 Å². The monoisotopic (exact) mass is 270 g/mol. The summed E-state index contributed by atoms with van der Waals surface area (Å²) in [5, 5.41) is 0.0753. The molecule has 1 heterocycles. The number of ketones is 1. The lowest BCUT2D eigenvalue weighted by molar-refractivity contribution is -0.147. The Bertz CT molecular complexity index is 453. The van der Waals surface area contributed by atoms with E-state index in [9.17, 15) is 9.18 Å². The molecule has 1 fully saturated rings. The molecule has 1 atom stereocenters. The van der Waals surface area contributed by atoms with Crippen molar-refractivity contribution in [3.8, 4) is 0 Å². The van der Waals surface area contributed by atoms with Crippen LogP contribution in [0.4, 0.5) is 4.39 Å². The maximum Gasteiger partial charge on any atom is 0.168 e. The minimum absolute atomic E-state index is 0.00363. The van der Waals surface area contributed by atoms with Gasteiger partial charge in [-0.1, -0.05) is 17.7 Å². The van der Waals surface area contributed by atoms with E-state index in [2.05, 4.69) is 0 Å². The van der Waals surface area contributed by atoms with Crippen LogP contribution in [0.5, 0.6) is 0 Å². The van der Waals surface area contributed by atoms with E-state index in [0.717, 1.165) is 19.3 Å². The highest BCUT2D eigenvalue weighted by Gasteiger charge is 2.35. The van der Waals surface area contributed by atoms with E-state index in [1.807, 2.05) is 6.92 Å². The van der Waals surface area contributed by atoms with Crippen molar-refractivity contribution in [2.75, 3.05) is 6.61 Å². The predicted octanol–water partition coefficient (Wildman–Crippen LogP) is 3.55. The van der Waals surface area contributed by atoms with Gasteiger partial charge in [0.05, 0.1) is 5.02 Å². The Labute approximate surface area is 111 Å². The standard InChI is InChI=1S/C14H16ClFO2/c1-14(6-2-3-7-18-14)13(17)9-10-4-5-11(15)12(16)8-10/h4-5,8H,2-3,6-7,9H2,1H3. The second kappa shape index (κ2) is 5.37. The molecule has 1 aliphatic heterocycles. The van der Waals surface area contributed by atoms with Gasteiger partial charge < -0.3 is 4.74 Å². The Balaban J connectivity index is 2.08. The molecule has 1 aromatic carbocycles. The molecular weight excluding hydrogens is 255 g/mol. The first-order chi connectivity index (χ1) is 8.51. The van der Waals surface area contributed by atoms with Crippen molar-refractivity contribution in [1.82, 2.24) is 0 Å². The molecular formula is C14H16ClFO2. The first-order valence-electron chi connectivity index (χ1n) is 6.12. The summed E-state index contributed by atoms with van der Waals surface area (Å²) in [6.45, 7) is 2.44. The highest BCUT2D eigenvalue weighted by Crippen LogP contribution is 2.27. The van der Waals surface area contributed by atoms with Gasteiger partial charge in [0.15, 0.2) is 5.78 Å². The molecule has 1 aromatic rings. The summed E-state index contributed by atoms with van der Waals surface area (Å²) in [6.07, 6.45) is 2.92. The Morgan fingerprint density at radius 1 is 1.50 bits per heavy atom. The minimum Gasteiger partial charge on any atom is -0.367 e. The van der Waals surface area contributed by atoms with Crippen LogP contribution < -0.4 is 0 Å². The number of halogens is 2. The summed E-state index contributed by atoms with van der Waals surface area (Å²) in [5.74, 6) is -0.486. The number of carbonyl (C=O) groups excluding carboxylic acids is 1. The van der Waals surface area contributed by atoms with Crippen LogP contribution in [0.1, 0.15) is 31.7 Å². The molecule has 0 saturated carbocycles. The zero-order chi connectivity index (χ0) is 13.2. The molecule has 0 spiro atoms. The smallest absolute Gasteiger partial charge is 0.168 e. The van der Waals surface area contributed by atoms with Gasteiger partial charge in [-0.15, -0.1) is 0 Å². The van der Waals surface area contributed by atoms with Crippen LogP contribution in [0.2, 0.25) is 5.02 Å². The summed E-state index contributed by atoms with van der Waals surface area (Å²) in [7, 11) is 0. The number of carbonyl (C=O) groups is 1. The number of hydrogen-bond acceptors (Lipinski definition) is 2. The van der Waals surface area contributed by atoms with Crippen molar-refractivity contribution < 1.29 is 13.9 Å². The Kier molecular flexibility index (Phi) is 4.03. The third-order valence-corrected chi connectivity index (χ3v) is 3.71. The van der Waals surface area contributed by atoms with Crippen molar-refractivity contribution in [3.63, 3.8) is 0 Å². The highest BCUT2D eigenvalue weighted by atomic mass is 35.5. The maximum atomic E-state index is 13.3. The van der Waals surface area contributed by atoms with Crippen LogP contribution in [0.15, 0.2) is 18.2 Å². The van der Waals surface area contributed by atoms with Crippen molar-refractivity contribution in [2.24, 2.45) is 0 Å². The SMILES string of the molecule is CC1(C(=O)Cc2ccc(Cl)c(F)c2)CCCCO1. The largest absolute Gasteiger partial charge is 0.367 e. The minimum atomic E-state index is -0.714. The second-order valence-electron chi connectivity index (χ2n) is 4.88. The van der Waals surface area contributed by atoms with Crippen molar-refractivity contribution in [3.05, 3.63) is 34.6 Å². The summed E-state index contributed by atoms with van der Waals surface area (Å²) >= 11 is 5.61. The van der Waals surface area contributed by atoms with E-state index in [-0.39, 0.29) is 17.2 Å². The highest BCUT2D eigenvalue weighted by molar-refractivity contribution is 6.30. The average Bonchev–Trinajstić information content (AvgIpc) is 2.35. The quantitative estimate of drug-likeness (QED) is 0.840. The van der Waals surface area contributed by atoms with Gasteiger partial charge in [0, 0.05) is 13.0 Å². The van der Waals surface area contributed by atoms with Gasteiger partial charge in [0.25, 0.3) is 0 Å². The van der Waals surface area contributed by atoms with Gasteiger partial charge in [-0.25, -0.2) is 4.39 Å². The van der Waals surface area contributed by atoms with Crippen molar-refractivity contribution in [2.45, 2.75) is 38.2 Å². The summed E-state index contributed by atoms with van der Waals surface area (Å²) < 4.78 is 18.9. The van der Waals surface area contributed by atoms with Crippen LogP contribution in [-0.4, -0.2) is 18.0 Å². The molecule has 1 unspecified atom stereocenters. The summed E-state index contributed by atoms with van der Waals surface area (Å²) in [4.78, 5) is 12.2. The number of Topliss-reactive ketones (excluding diaryl/α,β-unsaturated/α-hetero) is 1. The molecule has 98 valence electrons. The Hall–Kier alpha value is -0.930. The lowest BCUT2D eigenvalue weighted by Gasteiger charge is -2.32. The molecule has 0 amide bonds. The molecule has 2 rings (SSSR count). The average molecular weight is 271 g/mol. The van der Waals surface area contributed by atoms with Crippen molar-refractivity contribution >= 4 is 17.4 Å². The van der Waals surface area contributed by atoms with E-state index in [4.69, 9.17) is 16.3 Å². The van der Waals surface area contributed by atoms with E-state index in [1.165, 1.54) is 12.1 Å². The topological polar surface area (TPSA) is 26.3 Å². The van der Waals surface area contributed by atoms with Gasteiger partial charge in [-0.05, 0) is 43.9 Å². The van der Waals surface area contributed by atoms with Crippen LogP contribution >= 0.6 is 11.6 Å². The number of ether oxygens (including phenoxy) is 1. The summed E-state index contributed by atoms with van der Waals surface area (Å²) in [5.41, 5.74) is -0.0775. The molecule has 0 aliphatic carbocycles. The molecule has 0 radical (unpaired) electrons. The van der Waals surface area contributed by atoms with Crippen LogP contribution in [0.25, 0.3) is 0 Å². The molecule has 1 saturated heterocycles. The number of rotatable bonds is 3. The molecule has 2 nitrogen and oxygen atoms in total. The fourth-order valence-corrected chi connectivity index (χ4v) is 2.29. The third-order valence-electron chi connectivity index (χ3n) is 3.41. The molecule has 0 aromatic heterocycles. The molecule has 0 bridgehead atoms. The van der Waals surface area contributed by atoms with Gasteiger partial charge in [0.1, 0.15) is 11.4 Å². The van der Waals surface area contributed by atoms with Gasteiger partial charge in [-0.2, -0.15) is 0 Å². The van der Waals surface area contributed by atoms with E-state index >= 15 is 0 Å². The van der Waals surface area contributed by atoms with E-state index < -0.39 is 11.4 Å². The van der Waals surface area contributed by atoms with E-state index in [0.29, 0.717) is 12.2 Å². The third kappa shape index (κ3) is 2.90. The maximum absolute atomic E-state index is 13.3. The molecule has 4 heteroatoms. The molecule has 0 N–H and O–H groups in total. The molecule has 1 aliphatic rings. The zero-order valence-electron chi connectivity index (χ0n) is 10.3. The number of benzene rings is 1. The van der Waals surface area contributed by atoms with Gasteiger partial charge in [0.2, 0.25) is 0 Å². The lowest BCUT2D eigenvalue weighted by atomic mass is 9.88. The Morgan fingerprint density at radius 3 is 2.89 bits per heavy atom. The normalized spacial score (nSPS) is 23.9. The van der Waals surface area contributed by atoms with Crippen molar-refractivity contribution in [1.29, 1.82) is 0 Å². The number of hydrogen-bond donors (Lipinski definition) is 0. The predicted molar refractivity (Wildman–Crippen MR) is 68.3 cm³/mol. The fourth-order valence-electron chi connectivity index (χ4n) is 2.18. The van der Waals surface area contributed by atoms with Crippen LogP contribution in [-0.2, 0) is 16.0 Å². The summed E-state index contributed by atoms with van der Waals surface area (Å²) in [6, 6.07) is 4.46. The lowest BCUT2D eigenvalue weighted by Crippen LogP contribution is -2.42.